The van der Waals surface area contributed by atoms with E-state index in [0.29, 0.717) is 6.42 Å². The number of unbranched alkanes of at least 4 members (excludes halogenated alkanes) is 2. The molecular formula is C33H55N9O13. The van der Waals surface area contributed by atoms with Crippen LogP contribution in [0, 0.1) is 5.92 Å². The largest absolute Gasteiger partial charge is 0.481 e. The van der Waals surface area contributed by atoms with Crippen LogP contribution in [0.1, 0.15) is 78.6 Å². The Balaban J connectivity index is 2.98. The first-order chi connectivity index (χ1) is 25.8. The number of nitrogens with one attached hydrogen (secondary N) is 8. The molecule has 0 aliphatic carbocycles. The Morgan fingerprint density at radius 3 is 1.80 bits per heavy atom. The molecule has 6 atom stereocenters. The van der Waals surface area contributed by atoms with E-state index in [4.69, 9.17) is 15.9 Å². The molecule has 55 heavy (non-hydrogen) atoms. The van der Waals surface area contributed by atoms with Crippen molar-refractivity contribution in [1.29, 1.82) is 0 Å². The second-order valence-corrected chi connectivity index (χ2v) is 13.6. The monoisotopic (exact) mass is 785 g/mol. The third-order valence-electron chi connectivity index (χ3n) is 8.14. The molecule has 1 rings (SSSR count). The SMILES string of the molecule is CC(C)C[C@H](NC(=O)CNC(=O)[C@H](CCCCCC(=O)O)NC(=O)[C@H](CCC(N)=O)NC(=O)CNC(=O)[C@@H]1C[C@@H](O)CN1)C(=O)N[C@@H](C)C(=O)NCC(=O)O. The average molecular weight is 786 g/mol. The number of rotatable bonds is 26. The van der Waals surface area contributed by atoms with Crippen molar-refractivity contribution in [2.45, 2.75) is 115 Å². The zero-order chi connectivity index (χ0) is 41.7. The summed E-state index contributed by atoms with van der Waals surface area (Å²) in [6, 6.07) is -5.71. The van der Waals surface area contributed by atoms with E-state index in [1.807, 2.05) is 0 Å². The third-order valence-corrected chi connectivity index (χ3v) is 8.14. The van der Waals surface area contributed by atoms with Gasteiger partial charge in [0.2, 0.25) is 47.3 Å². The van der Waals surface area contributed by atoms with Crippen molar-refractivity contribution < 1.29 is 63.3 Å². The first-order valence-corrected chi connectivity index (χ1v) is 17.9. The quantitative estimate of drug-likeness (QED) is 0.0368. The normalized spacial score (nSPS) is 17.0. The molecule has 1 saturated heterocycles. The van der Waals surface area contributed by atoms with E-state index < -0.39 is 115 Å². The highest BCUT2D eigenvalue weighted by atomic mass is 16.4. The molecule has 0 aromatic carbocycles. The maximum atomic E-state index is 13.4. The minimum absolute atomic E-state index is 0.0220. The second kappa shape index (κ2) is 24.8. The molecule has 0 saturated carbocycles. The third kappa shape index (κ3) is 20.6. The number of hydrogen-bond acceptors (Lipinski definition) is 12. The number of β-amino-alcohol motifs (C(OH)–C–C–N with tert-alkyl or cyclic N) is 1. The summed E-state index contributed by atoms with van der Waals surface area (Å²) < 4.78 is 0. The van der Waals surface area contributed by atoms with Crippen LogP contribution >= 0.6 is 0 Å². The molecule has 0 bridgehead atoms. The van der Waals surface area contributed by atoms with E-state index in [9.17, 15) is 53.1 Å². The van der Waals surface area contributed by atoms with Gasteiger partial charge in [0, 0.05) is 19.4 Å². The zero-order valence-electron chi connectivity index (χ0n) is 31.2. The summed E-state index contributed by atoms with van der Waals surface area (Å²) in [4.78, 5) is 123. The van der Waals surface area contributed by atoms with Gasteiger partial charge in [0.25, 0.3) is 0 Å². The van der Waals surface area contributed by atoms with Gasteiger partial charge in [-0.25, -0.2) is 0 Å². The number of carbonyl (C=O) groups excluding carboxylic acids is 8. The summed E-state index contributed by atoms with van der Waals surface area (Å²) >= 11 is 0. The molecule has 1 aliphatic rings. The minimum atomic E-state index is -1.39. The molecule has 0 aromatic heterocycles. The van der Waals surface area contributed by atoms with Crippen molar-refractivity contribution in [3.63, 3.8) is 0 Å². The van der Waals surface area contributed by atoms with E-state index in [0.717, 1.165) is 0 Å². The molecule has 22 nitrogen and oxygen atoms in total. The number of carboxylic acids is 2. The summed E-state index contributed by atoms with van der Waals surface area (Å²) in [5, 5.41) is 46.8. The zero-order valence-corrected chi connectivity index (χ0v) is 31.2. The van der Waals surface area contributed by atoms with Crippen molar-refractivity contribution in [2.75, 3.05) is 26.2 Å². The fourth-order valence-electron chi connectivity index (χ4n) is 5.28. The molecule has 8 amide bonds. The molecule has 0 spiro atoms. The van der Waals surface area contributed by atoms with Crippen molar-refractivity contribution in [3.05, 3.63) is 0 Å². The highest BCUT2D eigenvalue weighted by molar-refractivity contribution is 5.96. The lowest BCUT2D eigenvalue weighted by Gasteiger charge is -2.24. The van der Waals surface area contributed by atoms with Crippen molar-refractivity contribution in [3.8, 4) is 0 Å². The second-order valence-electron chi connectivity index (χ2n) is 13.6. The van der Waals surface area contributed by atoms with Crippen LogP contribution in [-0.2, 0) is 47.9 Å². The first-order valence-electron chi connectivity index (χ1n) is 17.9. The number of carboxylic acid groups (broad SMARTS) is 2. The van der Waals surface area contributed by atoms with Crippen LogP contribution < -0.4 is 48.3 Å². The van der Waals surface area contributed by atoms with E-state index in [1.165, 1.54) is 6.92 Å². The number of amides is 8. The maximum absolute atomic E-state index is 13.4. The number of hydrogen-bond donors (Lipinski definition) is 12. The summed E-state index contributed by atoms with van der Waals surface area (Å²) in [5.41, 5.74) is 5.25. The molecule has 310 valence electrons. The van der Waals surface area contributed by atoms with Gasteiger partial charge in [-0.2, -0.15) is 0 Å². The van der Waals surface area contributed by atoms with Gasteiger partial charge >= 0.3 is 11.9 Å². The van der Waals surface area contributed by atoms with Crippen LogP contribution in [0.25, 0.3) is 0 Å². The lowest BCUT2D eigenvalue weighted by atomic mass is 10.0. The average Bonchev–Trinajstić information content (AvgIpc) is 3.54. The maximum Gasteiger partial charge on any atom is 0.322 e. The number of aliphatic hydroxyl groups is 1. The lowest BCUT2D eigenvalue weighted by molar-refractivity contribution is -0.138. The first kappa shape index (κ1) is 47.6. The van der Waals surface area contributed by atoms with Gasteiger partial charge in [0.15, 0.2) is 0 Å². The molecule has 0 aromatic rings. The van der Waals surface area contributed by atoms with Crippen molar-refractivity contribution in [2.24, 2.45) is 11.7 Å². The molecule has 1 aliphatic heterocycles. The van der Waals surface area contributed by atoms with E-state index in [1.54, 1.807) is 13.8 Å². The van der Waals surface area contributed by atoms with Crippen LogP contribution in [0.3, 0.4) is 0 Å². The Bertz CT molecular complexity index is 1390. The Morgan fingerprint density at radius 2 is 1.24 bits per heavy atom. The van der Waals surface area contributed by atoms with Gasteiger partial charge in [-0.05, 0) is 44.9 Å². The van der Waals surface area contributed by atoms with E-state index in [-0.39, 0.29) is 63.8 Å². The molecule has 22 heteroatoms. The summed E-state index contributed by atoms with van der Waals surface area (Å²) in [6.07, 6.45) is -0.306. The van der Waals surface area contributed by atoms with Gasteiger partial charge in [0.1, 0.15) is 30.7 Å². The van der Waals surface area contributed by atoms with Crippen LogP contribution in [0.5, 0.6) is 0 Å². The van der Waals surface area contributed by atoms with Crippen molar-refractivity contribution in [1.82, 2.24) is 42.5 Å². The Hall–Kier alpha value is -5.38. The minimum Gasteiger partial charge on any atom is -0.481 e. The van der Waals surface area contributed by atoms with E-state index in [2.05, 4.69) is 42.5 Å². The highest BCUT2D eigenvalue weighted by Crippen LogP contribution is 2.09. The topological polar surface area (TPSA) is 354 Å². The number of aliphatic hydroxyl groups excluding tert-OH is 1. The fourth-order valence-corrected chi connectivity index (χ4v) is 5.28. The Morgan fingerprint density at radius 1 is 0.655 bits per heavy atom. The number of nitrogens with two attached hydrogens (primary N) is 1. The van der Waals surface area contributed by atoms with Crippen LogP contribution in [0.2, 0.25) is 0 Å². The molecule has 1 heterocycles. The molecule has 13 N–H and O–H groups in total. The van der Waals surface area contributed by atoms with Crippen molar-refractivity contribution >= 4 is 59.2 Å². The summed E-state index contributed by atoms with van der Waals surface area (Å²) in [7, 11) is 0. The van der Waals surface area contributed by atoms with Gasteiger partial charge < -0.3 is 63.6 Å². The summed E-state index contributed by atoms with van der Waals surface area (Å²) in [6.45, 7) is 3.20. The number of aliphatic carboxylic acids is 2. The molecule has 0 unspecified atom stereocenters. The van der Waals surface area contributed by atoms with Gasteiger partial charge in [0.05, 0.1) is 25.2 Å². The van der Waals surface area contributed by atoms with Crippen LogP contribution in [0.4, 0.5) is 0 Å². The predicted octanol–water partition coefficient (Wildman–Crippen LogP) is -4.55. The van der Waals surface area contributed by atoms with Crippen LogP contribution in [-0.4, -0.2) is 137 Å². The molecular weight excluding hydrogens is 730 g/mol. The van der Waals surface area contributed by atoms with Crippen LogP contribution in [0.15, 0.2) is 0 Å². The smallest absolute Gasteiger partial charge is 0.322 e. The number of carbonyl (C=O) groups is 10. The highest BCUT2D eigenvalue weighted by Gasteiger charge is 2.31. The fraction of sp³-hybridized carbons (Fsp3) is 0.697. The summed E-state index contributed by atoms with van der Waals surface area (Å²) in [5.74, 6) is -8.62. The predicted molar refractivity (Wildman–Crippen MR) is 191 cm³/mol. The Kier molecular flexibility index (Phi) is 21.5. The molecule has 1 fully saturated rings. The Labute approximate surface area is 317 Å². The molecule has 0 radical (unpaired) electrons. The standard InChI is InChI=1S/C33H55N9O13/c1-17(2)11-23(33(55)39-18(3)29(51)38-16-28(49)50)41-26(46)15-36-30(52)20(7-5-4-6-8-27(47)48)42-32(54)21(9-10-24(34)44)40-25(45)14-37-31(53)22-12-19(43)13-35-22/h17-23,35,43H,4-16H2,1-3H3,(H2,34,44)(H,36,52)(H,37,53)(H,38,51)(H,39,55)(H,40,45)(H,41,46)(H,42,54)(H,47,48)(H,49,50)/t18-,19+,20-,21-,22-,23-/m0/s1. The van der Waals surface area contributed by atoms with Gasteiger partial charge in [-0.1, -0.05) is 26.7 Å². The number of primary amides is 1. The van der Waals surface area contributed by atoms with Gasteiger partial charge in [-0.3, -0.25) is 47.9 Å². The van der Waals surface area contributed by atoms with Gasteiger partial charge in [-0.15, -0.1) is 0 Å². The lowest BCUT2D eigenvalue weighted by Crippen LogP contribution is -2.56. The van der Waals surface area contributed by atoms with E-state index >= 15 is 0 Å².